The van der Waals surface area contributed by atoms with Gasteiger partial charge in [-0.05, 0) is 31.2 Å². The maximum Gasteiger partial charge on any atom is 0.309 e. The number of nitrogens with two attached hydrogens (primary N) is 1. The van der Waals surface area contributed by atoms with Crippen molar-refractivity contribution >= 4 is 11.7 Å². The minimum atomic E-state index is -0.455. The molecule has 0 aromatic heterocycles. The van der Waals surface area contributed by atoms with Crippen molar-refractivity contribution in [2.24, 2.45) is 0 Å². The van der Waals surface area contributed by atoms with Gasteiger partial charge < -0.3 is 20.3 Å². The molecule has 0 amide bonds. The number of hydrogen-bond acceptors (Lipinski definition) is 5. The Kier molecular flexibility index (Phi) is 6.00. The van der Waals surface area contributed by atoms with E-state index in [-0.39, 0.29) is 25.6 Å². The van der Waals surface area contributed by atoms with Crippen LogP contribution in [0.25, 0.3) is 0 Å². The second kappa shape index (κ2) is 7.55. The summed E-state index contributed by atoms with van der Waals surface area (Å²) in [5, 5.41) is 8.99. The standard InChI is InChI=1S/C13H19NO4/c1-10(15)6-8-18-13(16)7-9-17-12-4-2-11(14)3-5-12/h2-5,10,15H,6-9,14H2,1H3. The Labute approximate surface area is 107 Å². The summed E-state index contributed by atoms with van der Waals surface area (Å²) in [4.78, 5) is 11.3. The van der Waals surface area contributed by atoms with Gasteiger partial charge in [-0.15, -0.1) is 0 Å². The number of carbonyl (C=O) groups excluding carboxylic acids is 1. The van der Waals surface area contributed by atoms with Crippen molar-refractivity contribution in [1.82, 2.24) is 0 Å². The van der Waals surface area contributed by atoms with E-state index in [1.54, 1.807) is 31.2 Å². The van der Waals surface area contributed by atoms with Crippen LogP contribution in [-0.2, 0) is 9.53 Å². The molecule has 3 N–H and O–H groups in total. The Morgan fingerprint density at radius 3 is 2.61 bits per heavy atom. The Hall–Kier alpha value is -1.75. The number of aliphatic hydroxyl groups is 1. The third kappa shape index (κ3) is 6.10. The molecule has 18 heavy (non-hydrogen) atoms. The predicted molar refractivity (Wildman–Crippen MR) is 68.2 cm³/mol. The molecular weight excluding hydrogens is 234 g/mol. The minimum Gasteiger partial charge on any atom is -0.493 e. The van der Waals surface area contributed by atoms with Gasteiger partial charge in [0.2, 0.25) is 0 Å². The molecule has 0 fully saturated rings. The number of anilines is 1. The average Bonchev–Trinajstić information content (AvgIpc) is 2.31. The predicted octanol–water partition coefficient (Wildman–Crippen LogP) is 1.35. The molecule has 0 spiro atoms. The Balaban J connectivity index is 2.13. The molecule has 1 atom stereocenters. The maximum atomic E-state index is 11.3. The van der Waals surface area contributed by atoms with Crippen molar-refractivity contribution < 1.29 is 19.4 Å². The zero-order valence-corrected chi connectivity index (χ0v) is 10.5. The van der Waals surface area contributed by atoms with Gasteiger partial charge in [0.1, 0.15) is 5.75 Å². The van der Waals surface area contributed by atoms with Crippen LogP contribution in [0.15, 0.2) is 24.3 Å². The van der Waals surface area contributed by atoms with Gasteiger partial charge in [0.15, 0.2) is 0 Å². The SMILES string of the molecule is CC(O)CCOC(=O)CCOc1ccc(N)cc1. The highest BCUT2D eigenvalue weighted by atomic mass is 16.5. The molecular formula is C13H19NO4. The molecule has 1 aromatic rings. The quantitative estimate of drug-likeness (QED) is 0.566. The third-order valence-corrected chi connectivity index (χ3v) is 2.25. The maximum absolute atomic E-state index is 11.3. The van der Waals surface area contributed by atoms with E-state index in [1.807, 2.05) is 0 Å². The third-order valence-electron chi connectivity index (χ3n) is 2.25. The monoisotopic (exact) mass is 253 g/mol. The number of hydrogen-bond donors (Lipinski definition) is 2. The van der Waals surface area contributed by atoms with Crippen molar-refractivity contribution in [3.05, 3.63) is 24.3 Å². The van der Waals surface area contributed by atoms with Crippen molar-refractivity contribution in [3.8, 4) is 5.75 Å². The van der Waals surface area contributed by atoms with Crippen molar-refractivity contribution in [2.75, 3.05) is 18.9 Å². The zero-order chi connectivity index (χ0) is 13.4. The lowest BCUT2D eigenvalue weighted by Gasteiger charge is -2.08. The highest BCUT2D eigenvalue weighted by molar-refractivity contribution is 5.69. The van der Waals surface area contributed by atoms with Crippen LogP contribution in [0.2, 0.25) is 0 Å². The van der Waals surface area contributed by atoms with Gasteiger partial charge in [-0.1, -0.05) is 0 Å². The van der Waals surface area contributed by atoms with Gasteiger partial charge in [0, 0.05) is 12.1 Å². The smallest absolute Gasteiger partial charge is 0.309 e. The summed E-state index contributed by atoms with van der Waals surface area (Å²) in [5.41, 5.74) is 6.20. The first-order valence-corrected chi connectivity index (χ1v) is 5.90. The Bertz CT molecular complexity index is 362. The van der Waals surface area contributed by atoms with Crippen LogP contribution in [0.1, 0.15) is 19.8 Å². The molecule has 5 nitrogen and oxygen atoms in total. The van der Waals surface area contributed by atoms with Crippen LogP contribution in [-0.4, -0.2) is 30.4 Å². The summed E-state index contributed by atoms with van der Waals surface area (Å²) < 4.78 is 10.3. The van der Waals surface area contributed by atoms with E-state index in [1.165, 1.54) is 0 Å². The number of nitrogen functional groups attached to an aromatic ring is 1. The van der Waals surface area contributed by atoms with Crippen LogP contribution in [0, 0.1) is 0 Å². The van der Waals surface area contributed by atoms with E-state index < -0.39 is 6.10 Å². The van der Waals surface area contributed by atoms with E-state index in [0.29, 0.717) is 17.9 Å². The fraction of sp³-hybridized carbons (Fsp3) is 0.462. The van der Waals surface area contributed by atoms with E-state index in [2.05, 4.69) is 0 Å². The average molecular weight is 253 g/mol. The van der Waals surface area contributed by atoms with Gasteiger partial charge in [-0.25, -0.2) is 0 Å². The molecule has 1 aromatic carbocycles. The lowest BCUT2D eigenvalue weighted by atomic mass is 10.3. The summed E-state index contributed by atoms with van der Waals surface area (Å²) in [6.07, 6.45) is 0.179. The number of ether oxygens (including phenoxy) is 2. The molecule has 1 rings (SSSR count). The molecule has 0 aliphatic rings. The zero-order valence-electron chi connectivity index (χ0n) is 10.5. The topological polar surface area (TPSA) is 81.8 Å². The largest absolute Gasteiger partial charge is 0.493 e. The fourth-order valence-electron chi connectivity index (χ4n) is 1.23. The molecule has 0 radical (unpaired) electrons. The van der Waals surface area contributed by atoms with E-state index >= 15 is 0 Å². The summed E-state index contributed by atoms with van der Waals surface area (Å²) in [7, 11) is 0. The number of rotatable bonds is 7. The van der Waals surface area contributed by atoms with E-state index in [0.717, 1.165) is 0 Å². The molecule has 0 heterocycles. The normalized spacial score (nSPS) is 11.9. The molecule has 100 valence electrons. The molecule has 0 aliphatic heterocycles. The van der Waals surface area contributed by atoms with Gasteiger partial charge in [0.25, 0.3) is 0 Å². The van der Waals surface area contributed by atoms with E-state index in [9.17, 15) is 4.79 Å². The highest BCUT2D eigenvalue weighted by Gasteiger charge is 2.04. The number of esters is 1. The second-order valence-electron chi connectivity index (χ2n) is 4.03. The first-order chi connectivity index (χ1) is 8.58. The molecule has 0 aliphatic carbocycles. The molecule has 1 unspecified atom stereocenters. The van der Waals surface area contributed by atoms with Crippen LogP contribution in [0.5, 0.6) is 5.75 Å². The fourth-order valence-corrected chi connectivity index (χ4v) is 1.23. The van der Waals surface area contributed by atoms with Crippen LogP contribution < -0.4 is 10.5 Å². The van der Waals surface area contributed by atoms with Crippen LogP contribution in [0.4, 0.5) is 5.69 Å². The van der Waals surface area contributed by atoms with Gasteiger partial charge >= 0.3 is 5.97 Å². The lowest BCUT2D eigenvalue weighted by Crippen LogP contribution is -2.13. The van der Waals surface area contributed by atoms with Gasteiger partial charge in [-0.2, -0.15) is 0 Å². The molecule has 0 bridgehead atoms. The Morgan fingerprint density at radius 2 is 2.00 bits per heavy atom. The van der Waals surface area contributed by atoms with Crippen molar-refractivity contribution in [3.63, 3.8) is 0 Å². The molecule has 0 saturated heterocycles. The van der Waals surface area contributed by atoms with Crippen molar-refractivity contribution in [2.45, 2.75) is 25.9 Å². The number of carbonyl (C=O) groups is 1. The lowest BCUT2D eigenvalue weighted by molar-refractivity contribution is -0.144. The molecule has 0 saturated carbocycles. The van der Waals surface area contributed by atoms with Crippen LogP contribution in [0.3, 0.4) is 0 Å². The first-order valence-electron chi connectivity index (χ1n) is 5.90. The van der Waals surface area contributed by atoms with Crippen LogP contribution >= 0.6 is 0 Å². The Morgan fingerprint density at radius 1 is 1.33 bits per heavy atom. The van der Waals surface area contributed by atoms with Gasteiger partial charge in [0.05, 0.1) is 25.7 Å². The van der Waals surface area contributed by atoms with Gasteiger partial charge in [-0.3, -0.25) is 4.79 Å². The molecule has 5 heteroatoms. The van der Waals surface area contributed by atoms with E-state index in [4.69, 9.17) is 20.3 Å². The number of aliphatic hydroxyl groups excluding tert-OH is 1. The summed E-state index contributed by atoms with van der Waals surface area (Å²) in [5.74, 6) is 0.340. The highest BCUT2D eigenvalue weighted by Crippen LogP contribution is 2.13. The first kappa shape index (κ1) is 14.3. The number of benzene rings is 1. The summed E-state index contributed by atoms with van der Waals surface area (Å²) in [6.45, 7) is 2.15. The summed E-state index contributed by atoms with van der Waals surface area (Å²) >= 11 is 0. The minimum absolute atomic E-state index is 0.185. The van der Waals surface area contributed by atoms with Crippen molar-refractivity contribution in [1.29, 1.82) is 0 Å². The summed E-state index contributed by atoms with van der Waals surface area (Å²) in [6, 6.07) is 6.95. The second-order valence-corrected chi connectivity index (χ2v) is 4.03.